The van der Waals surface area contributed by atoms with Crippen LogP contribution in [0.15, 0.2) is 32.9 Å². The molecule has 1 rings (SSSR count). The van der Waals surface area contributed by atoms with Gasteiger partial charge in [-0.15, -0.1) is 11.8 Å². The van der Waals surface area contributed by atoms with Gasteiger partial charge >= 0.3 is 5.97 Å². The summed E-state index contributed by atoms with van der Waals surface area (Å²) in [5.41, 5.74) is 0. The van der Waals surface area contributed by atoms with Crippen molar-refractivity contribution in [2.24, 2.45) is 0 Å². The van der Waals surface area contributed by atoms with Crippen LogP contribution in [0, 0.1) is 0 Å². The van der Waals surface area contributed by atoms with Gasteiger partial charge in [0.2, 0.25) is 0 Å². The van der Waals surface area contributed by atoms with E-state index >= 15 is 0 Å². The van der Waals surface area contributed by atoms with E-state index in [1.807, 2.05) is 0 Å². The van der Waals surface area contributed by atoms with Crippen molar-refractivity contribution in [1.29, 1.82) is 0 Å². The van der Waals surface area contributed by atoms with Crippen molar-refractivity contribution < 1.29 is 26.7 Å². The molecule has 0 fully saturated rings. The first-order valence-electron chi connectivity index (χ1n) is 5.40. The van der Waals surface area contributed by atoms with Crippen molar-refractivity contribution in [3.05, 3.63) is 18.2 Å². The summed E-state index contributed by atoms with van der Waals surface area (Å²) in [6, 6.07) is 3.81. The van der Waals surface area contributed by atoms with Crippen LogP contribution in [0.25, 0.3) is 0 Å². The van der Waals surface area contributed by atoms with Gasteiger partial charge in [-0.2, -0.15) is 0 Å². The van der Waals surface area contributed by atoms with Crippen LogP contribution >= 0.6 is 11.8 Å². The van der Waals surface area contributed by atoms with Crippen LogP contribution in [0.2, 0.25) is 0 Å². The van der Waals surface area contributed by atoms with E-state index in [1.54, 1.807) is 0 Å². The van der Waals surface area contributed by atoms with E-state index in [4.69, 9.17) is 5.11 Å². The Morgan fingerprint density at radius 3 is 2.20 bits per heavy atom. The van der Waals surface area contributed by atoms with E-state index in [-0.39, 0.29) is 22.0 Å². The van der Waals surface area contributed by atoms with E-state index in [0.29, 0.717) is 4.90 Å². The Bertz CT molecular complexity index is 719. The molecule has 1 N–H and O–H groups in total. The van der Waals surface area contributed by atoms with Crippen LogP contribution in [0.5, 0.6) is 0 Å². The molecular weight excluding hydrogens is 324 g/mol. The van der Waals surface area contributed by atoms with Crippen LogP contribution in [0.3, 0.4) is 0 Å². The van der Waals surface area contributed by atoms with E-state index in [0.717, 1.165) is 30.3 Å². The molecule has 0 aromatic heterocycles. The molecule has 0 saturated heterocycles. The van der Waals surface area contributed by atoms with Gasteiger partial charge in [-0.3, -0.25) is 4.79 Å². The fourth-order valence-corrected chi connectivity index (χ4v) is 4.37. The summed E-state index contributed by atoms with van der Waals surface area (Å²) in [6.07, 6.45) is 1.86. The molecule has 20 heavy (non-hydrogen) atoms. The highest BCUT2D eigenvalue weighted by Crippen LogP contribution is 2.29. The summed E-state index contributed by atoms with van der Waals surface area (Å²) in [5, 5.41) is 8.56. The topological polar surface area (TPSA) is 106 Å². The zero-order chi connectivity index (χ0) is 15.6. The van der Waals surface area contributed by atoms with Gasteiger partial charge in [-0.05, 0) is 18.2 Å². The number of hydrogen-bond donors (Lipinski definition) is 1. The summed E-state index contributed by atoms with van der Waals surface area (Å²) < 4.78 is 46.3. The normalized spacial score (nSPS) is 12.3. The molecule has 1 aromatic rings. The SMILES string of the molecule is CS(=O)(=O)c1ccc(SCCC(=O)O)c(S(C)(=O)=O)c1. The third-order valence-electron chi connectivity index (χ3n) is 2.32. The predicted molar refractivity (Wildman–Crippen MR) is 75.6 cm³/mol. The molecule has 6 nitrogen and oxygen atoms in total. The number of thioether (sulfide) groups is 1. The standard InChI is InChI=1S/C11H14O6S3/c1-19(14,15)8-3-4-9(18-6-5-11(12)13)10(7-8)20(2,16)17/h3-4,7H,5-6H2,1-2H3,(H,12,13). The zero-order valence-corrected chi connectivity index (χ0v) is 13.3. The molecule has 0 aliphatic carbocycles. The monoisotopic (exact) mass is 338 g/mol. The summed E-state index contributed by atoms with van der Waals surface area (Å²) in [5.74, 6) is -0.776. The van der Waals surface area contributed by atoms with E-state index in [1.165, 1.54) is 12.1 Å². The summed E-state index contributed by atoms with van der Waals surface area (Å²) in [7, 11) is -7.10. The van der Waals surface area contributed by atoms with Crippen LogP contribution < -0.4 is 0 Å². The number of rotatable bonds is 6. The third-order valence-corrected chi connectivity index (χ3v) is 5.77. The van der Waals surface area contributed by atoms with Crippen molar-refractivity contribution in [3.63, 3.8) is 0 Å². The zero-order valence-electron chi connectivity index (χ0n) is 10.9. The molecule has 0 bridgehead atoms. The van der Waals surface area contributed by atoms with Crippen molar-refractivity contribution >= 4 is 37.4 Å². The van der Waals surface area contributed by atoms with Crippen molar-refractivity contribution in [2.45, 2.75) is 21.1 Å². The lowest BCUT2D eigenvalue weighted by Crippen LogP contribution is -2.04. The average Bonchev–Trinajstić information content (AvgIpc) is 2.25. The average molecular weight is 338 g/mol. The number of carboxylic acid groups (broad SMARTS) is 1. The maximum absolute atomic E-state index is 11.7. The van der Waals surface area contributed by atoms with Gasteiger partial charge in [0.05, 0.1) is 16.2 Å². The Kier molecular flexibility index (Phi) is 5.22. The van der Waals surface area contributed by atoms with E-state index in [2.05, 4.69) is 0 Å². The maximum atomic E-state index is 11.7. The Morgan fingerprint density at radius 1 is 1.15 bits per heavy atom. The number of hydrogen-bond acceptors (Lipinski definition) is 6. The van der Waals surface area contributed by atoms with Gasteiger partial charge in [-0.1, -0.05) is 0 Å². The lowest BCUT2D eigenvalue weighted by Gasteiger charge is -2.09. The number of aliphatic carboxylic acids is 1. The minimum absolute atomic E-state index is 0.0829. The molecule has 0 saturated carbocycles. The predicted octanol–water partition coefficient (Wildman–Crippen LogP) is 1.06. The summed E-state index contributed by atoms with van der Waals surface area (Å²) in [4.78, 5) is 10.6. The molecule has 0 aliphatic rings. The fourth-order valence-electron chi connectivity index (χ4n) is 1.38. The highest BCUT2D eigenvalue weighted by molar-refractivity contribution is 8.00. The second kappa shape index (κ2) is 6.15. The first-order valence-corrected chi connectivity index (χ1v) is 10.2. The van der Waals surface area contributed by atoms with Gasteiger partial charge < -0.3 is 5.11 Å². The van der Waals surface area contributed by atoms with Crippen molar-refractivity contribution in [1.82, 2.24) is 0 Å². The number of carbonyl (C=O) groups is 1. The second-order valence-electron chi connectivity index (χ2n) is 4.15. The largest absolute Gasteiger partial charge is 0.481 e. The molecule has 0 spiro atoms. The molecule has 0 heterocycles. The molecule has 1 aromatic carbocycles. The number of carboxylic acids is 1. The smallest absolute Gasteiger partial charge is 0.304 e. The van der Waals surface area contributed by atoms with Crippen LogP contribution in [0.4, 0.5) is 0 Å². The van der Waals surface area contributed by atoms with Crippen LogP contribution in [0.1, 0.15) is 6.42 Å². The third kappa shape index (κ3) is 4.80. The Balaban J connectivity index is 3.22. The highest BCUT2D eigenvalue weighted by Gasteiger charge is 2.18. The Labute approximate surface area is 122 Å². The van der Waals surface area contributed by atoms with E-state index in [9.17, 15) is 21.6 Å². The second-order valence-corrected chi connectivity index (χ2v) is 9.28. The molecule has 112 valence electrons. The first-order chi connectivity index (χ1) is 9.01. The van der Waals surface area contributed by atoms with Gasteiger partial charge in [0, 0.05) is 23.2 Å². The minimum Gasteiger partial charge on any atom is -0.481 e. The summed E-state index contributed by atoms with van der Waals surface area (Å²) >= 11 is 1.07. The lowest BCUT2D eigenvalue weighted by molar-refractivity contribution is -0.136. The number of benzene rings is 1. The highest BCUT2D eigenvalue weighted by atomic mass is 32.2. The lowest BCUT2D eigenvalue weighted by atomic mass is 10.4. The van der Waals surface area contributed by atoms with Gasteiger partial charge in [0.25, 0.3) is 0 Å². The molecule has 0 unspecified atom stereocenters. The molecule has 9 heteroatoms. The summed E-state index contributed by atoms with van der Waals surface area (Å²) in [6.45, 7) is 0. The quantitative estimate of drug-likeness (QED) is 0.773. The van der Waals surface area contributed by atoms with Gasteiger partial charge in [-0.25, -0.2) is 16.8 Å². The molecule has 0 amide bonds. The fraction of sp³-hybridized carbons (Fsp3) is 0.364. The van der Waals surface area contributed by atoms with Crippen LogP contribution in [-0.2, 0) is 24.5 Å². The molecule has 0 radical (unpaired) electrons. The Morgan fingerprint density at radius 2 is 1.75 bits per heavy atom. The van der Waals surface area contributed by atoms with Gasteiger partial charge in [0.1, 0.15) is 0 Å². The number of sulfone groups is 2. The molecule has 0 aliphatic heterocycles. The van der Waals surface area contributed by atoms with Crippen molar-refractivity contribution in [3.8, 4) is 0 Å². The molecular formula is C11H14O6S3. The minimum atomic E-state index is -3.60. The maximum Gasteiger partial charge on any atom is 0.304 e. The Hall–Kier alpha value is -1.06. The first kappa shape index (κ1) is 17.0. The molecule has 0 atom stereocenters. The van der Waals surface area contributed by atoms with Gasteiger partial charge in [0.15, 0.2) is 19.7 Å². The van der Waals surface area contributed by atoms with E-state index < -0.39 is 25.6 Å². The van der Waals surface area contributed by atoms with Crippen molar-refractivity contribution in [2.75, 3.05) is 18.3 Å². The van der Waals surface area contributed by atoms with Crippen LogP contribution in [-0.4, -0.2) is 46.2 Å².